The molecule has 1 unspecified atom stereocenters. The summed E-state index contributed by atoms with van der Waals surface area (Å²) >= 11 is 4.82. The molecule has 4 heteroatoms. The molecule has 0 saturated carbocycles. The van der Waals surface area contributed by atoms with E-state index in [9.17, 15) is 4.79 Å². The lowest BCUT2D eigenvalue weighted by atomic mass is 9.89. The van der Waals surface area contributed by atoms with Crippen molar-refractivity contribution in [2.75, 3.05) is 6.54 Å². The highest BCUT2D eigenvalue weighted by molar-refractivity contribution is 7.80. The van der Waals surface area contributed by atoms with Gasteiger partial charge in [-0.3, -0.25) is 4.79 Å². The Morgan fingerprint density at radius 1 is 1.57 bits per heavy atom. The molecule has 0 aliphatic carbocycles. The predicted octanol–water partition coefficient (Wildman–Crippen LogP) is 1.46. The van der Waals surface area contributed by atoms with E-state index in [0.29, 0.717) is 11.5 Å². The maximum atomic E-state index is 11.6. The van der Waals surface area contributed by atoms with Gasteiger partial charge >= 0.3 is 0 Å². The molecule has 0 rings (SSSR count). The van der Waals surface area contributed by atoms with Gasteiger partial charge in [-0.05, 0) is 6.42 Å². The van der Waals surface area contributed by atoms with E-state index < -0.39 is 0 Å². The number of hydrogen-bond acceptors (Lipinski definition) is 2. The topological polar surface area (TPSA) is 55.1 Å². The molecular formula is C10H20N2OS. The Morgan fingerprint density at radius 2 is 2.07 bits per heavy atom. The third-order valence-electron chi connectivity index (χ3n) is 2.55. The standard InChI is InChI=1S/C10H20N2OS/c1-5-10(3,4)9(13)12-6-7(2)8(11)14/h7H,5-6H2,1-4H3,(H2,11,14)(H,12,13). The van der Waals surface area contributed by atoms with Crippen molar-refractivity contribution in [2.24, 2.45) is 17.1 Å². The smallest absolute Gasteiger partial charge is 0.225 e. The molecule has 0 radical (unpaired) electrons. The van der Waals surface area contributed by atoms with Crippen molar-refractivity contribution >= 4 is 23.1 Å². The highest BCUT2D eigenvalue weighted by Gasteiger charge is 2.25. The van der Waals surface area contributed by atoms with Gasteiger partial charge in [-0.2, -0.15) is 0 Å². The first-order chi connectivity index (χ1) is 6.31. The highest BCUT2D eigenvalue weighted by atomic mass is 32.1. The van der Waals surface area contributed by atoms with Crippen LogP contribution in [-0.4, -0.2) is 17.4 Å². The Hall–Kier alpha value is -0.640. The summed E-state index contributed by atoms with van der Waals surface area (Å²) in [5.41, 5.74) is 5.13. The zero-order valence-electron chi connectivity index (χ0n) is 9.39. The van der Waals surface area contributed by atoms with Gasteiger partial charge in [-0.15, -0.1) is 0 Å². The Balaban J connectivity index is 4.03. The second-order valence-corrected chi connectivity index (χ2v) is 4.72. The molecule has 0 aliphatic rings. The van der Waals surface area contributed by atoms with Gasteiger partial charge in [0.2, 0.25) is 5.91 Å². The molecule has 0 saturated heterocycles. The second kappa shape index (κ2) is 5.29. The average Bonchev–Trinajstić information content (AvgIpc) is 2.13. The fourth-order valence-corrected chi connectivity index (χ4v) is 0.830. The van der Waals surface area contributed by atoms with Crippen molar-refractivity contribution < 1.29 is 4.79 Å². The molecule has 14 heavy (non-hydrogen) atoms. The number of carbonyl (C=O) groups is 1. The van der Waals surface area contributed by atoms with Crippen LogP contribution in [0.2, 0.25) is 0 Å². The minimum absolute atomic E-state index is 0.0570. The number of rotatable bonds is 5. The molecule has 0 aromatic carbocycles. The maximum Gasteiger partial charge on any atom is 0.225 e. The highest BCUT2D eigenvalue weighted by Crippen LogP contribution is 2.19. The molecular weight excluding hydrogens is 196 g/mol. The van der Waals surface area contributed by atoms with Gasteiger partial charge in [0.25, 0.3) is 0 Å². The summed E-state index contributed by atoms with van der Waals surface area (Å²) in [7, 11) is 0. The van der Waals surface area contributed by atoms with Crippen LogP contribution in [0.15, 0.2) is 0 Å². The number of nitrogens with two attached hydrogens (primary N) is 1. The number of hydrogen-bond donors (Lipinski definition) is 2. The molecule has 0 spiro atoms. The van der Waals surface area contributed by atoms with Crippen molar-refractivity contribution in [3.63, 3.8) is 0 Å². The zero-order chi connectivity index (χ0) is 11.4. The van der Waals surface area contributed by atoms with Crippen LogP contribution in [-0.2, 0) is 4.79 Å². The first-order valence-electron chi connectivity index (χ1n) is 4.89. The Bertz CT molecular complexity index is 226. The number of amides is 1. The van der Waals surface area contributed by atoms with E-state index in [1.165, 1.54) is 0 Å². The maximum absolute atomic E-state index is 11.6. The van der Waals surface area contributed by atoms with E-state index in [1.54, 1.807) is 0 Å². The van der Waals surface area contributed by atoms with Crippen LogP contribution in [0.25, 0.3) is 0 Å². The summed E-state index contributed by atoms with van der Waals surface area (Å²) in [6, 6.07) is 0. The molecule has 0 heterocycles. The normalized spacial score (nSPS) is 13.4. The molecule has 1 amide bonds. The lowest BCUT2D eigenvalue weighted by molar-refractivity contribution is -0.129. The predicted molar refractivity (Wildman–Crippen MR) is 63.0 cm³/mol. The van der Waals surface area contributed by atoms with Crippen LogP contribution in [0.3, 0.4) is 0 Å². The molecule has 1 atom stereocenters. The largest absolute Gasteiger partial charge is 0.393 e. The molecule has 0 aromatic rings. The Kier molecular flexibility index (Phi) is 5.05. The van der Waals surface area contributed by atoms with Crippen molar-refractivity contribution in [3.05, 3.63) is 0 Å². The Morgan fingerprint density at radius 3 is 2.43 bits per heavy atom. The van der Waals surface area contributed by atoms with Gasteiger partial charge in [-0.1, -0.05) is 39.9 Å². The molecule has 82 valence electrons. The minimum Gasteiger partial charge on any atom is -0.393 e. The lowest BCUT2D eigenvalue weighted by Crippen LogP contribution is -2.40. The first-order valence-corrected chi connectivity index (χ1v) is 5.29. The fraction of sp³-hybridized carbons (Fsp3) is 0.800. The second-order valence-electron chi connectivity index (χ2n) is 4.25. The van der Waals surface area contributed by atoms with Crippen LogP contribution < -0.4 is 11.1 Å². The summed E-state index contributed by atoms with van der Waals surface area (Å²) in [5.74, 6) is 0.115. The fourth-order valence-electron chi connectivity index (χ4n) is 0.746. The first kappa shape index (κ1) is 13.4. The van der Waals surface area contributed by atoms with Crippen LogP contribution in [0.4, 0.5) is 0 Å². The van der Waals surface area contributed by atoms with Crippen LogP contribution in [0, 0.1) is 11.3 Å². The summed E-state index contributed by atoms with van der Waals surface area (Å²) in [5, 5.41) is 2.85. The van der Waals surface area contributed by atoms with Gasteiger partial charge in [0.1, 0.15) is 0 Å². The van der Waals surface area contributed by atoms with Crippen LogP contribution in [0.1, 0.15) is 34.1 Å². The van der Waals surface area contributed by atoms with Crippen molar-refractivity contribution in [1.29, 1.82) is 0 Å². The van der Waals surface area contributed by atoms with E-state index in [4.69, 9.17) is 18.0 Å². The average molecular weight is 216 g/mol. The third kappa shape index (κ3) is 4.05. The number of nitrogens with one attached hydrogen (secondary N) is 1. The number of thiocarbonyl (C=S) groups is 1. The molecule has 0 fully saturated rings. The summed E-state index contributed by atoms with van der Waals surface area (Å²) in [6.45, 7) is 8.28. The van der Waals surface area contributed by atoms with Gasteiger partial charge in [-0.25, -0.2) is 0 Å². The van der Waals surface area contributed by atoms with Gasteiger partial charge in [0, 0.05) is 17.9 Å². The zero-order valence-corrected chi connectivity index (χ0v) is 10.2. The summed E-state index contributed by atoms with van der Waals surface area (Å²) in [4.78, 5) is 12.1. The van der Waals surface area contributed by atoms with E-state index >= 15 is 0 Å². The van der Waals surface area contributed by atoms with Crippen LogP contribution in [0.5, 0.6) is 0 Å². The summed E-state index contributed by atoms with van der Waals surface area (Å²) in [6.07, 6.45) is 0.820. The molecule has 3 N–H and O–H groups in total. The Labute approximate surface area is 91.4 Å². The van der Waals surface area contributed by atoms with Gasteiger partial charge in [0.05, 0.1) is 4.99 Å². The van der Waals surface area contributed by atoms with E-state index in [2.05, 4.69) is 5.32 Å². The summed E-state index contributed by atoms with van der Waals surface area (Å²) < 4.78 is 0. The SMILES string of the molecule is CCC(C)(C)C(=O)NCC(C)C(N)=S. The van der Waals surface area contributed by atoms with Crippen LogP contribution >= 0.6 is 12.2 Å². The van der Waals surface area contributed by atoms with Gasteiger partial charge in [0.15, 0.2) is 0 Å². The van der Waals surface area contributed by atoms with E-state index in [0.717, 1.165) is 6.42 Å². The molecule has 0 aromatic heterocycles. The molecule has 3 nitrogen and oxygen atoms in total. The van der Waals surface area contributed by atoms with Crippen molar-refractivity contribution in [3.8, 4) is 0 Å². The van der Waals surface area contributed by atoms with Crippen molar-refractivity contribution in [2.45, 2.75) is 34.1 Å². The number of carbonyl (C=O) groups excluding carboxylic acids is 1. The third-order valence-corrected chi connectivity index (χ3v) is 2.96. The molecule has 0 aliphatic heterocycles. The minimum atomic E-state index is -0.310. The van der Waals surface area contributed by atoms with Gasteiger partial charge < -0.3 is 11.1 Å². The van der Waals surface area contributed by atoms with Crippen molar-refractivity contribution in [1.82, 2.24) is 5.32 Å². The quantitative estimate of drug-likeness (QED) is 0.684. The monoisotopic (exact) mass is 216 g/mol. The molecule has 0 bridgehead atoms. The lowest BCUT2D eigenvalue weighted by Gasteiger charge is -2.22. The van der Waals surface area contributed by atoms with E-state index in [1.807, 2.05) is 27.7 Å². The van der Waals surface area contributed by atoms with E-state index in [-0.39, 0.29) is 17.2 Å².